The Morgan fingerprint density at radius 2 is 1.84 bits per heavy atom. The molecule has 0 saturated heterocycles. The molecule has 6 rings (SSSR count). The van der Waals surface area contributed by atoms with Crippen molar-refractivity contribution in [3.05, 3.63) is 79.3 Å². The Balaban J connectivity index is 1.67. The van der Waals surface area contributed by atoms with Gasteiger partial charge in [-0.15, -0.1) is 16.4 Å². The number of rotatable bonds is 3. The van der Waals surface area contributed by atoms with Gasteiger partial charge in [0.15, 0.2) is 11.5 Å². The predicted molar refractivity (Wildman–Crippen MR) is 123 cm³/mol. The van der Waals surface area contributed by atoms with Crippen LogP contribution in [-0.4, -0.2) is 24.1 Å². The van der Waals surface area contributed by atoms with Gasteiger partial charge in [-0.2, -0.15) is 4.52 Å². The summed E-state index contributed by atoms with van der Waals surface area (Å²) in [6.45, 7) is 0.271. The molecule has 1 aliphatic carbocycles. The van der Waals surface area contributed by atoms with Crippen molar-refractivity contribution in [1.29, 1.82) is 0 Å². The Morgan fingerprint density at radius 1 is 1.06 bits per heavy atom. The fourth-order valence-corrected chi connectivity index (χ4v) is 6.12. The first-order valence-corrected chi connectivity index (χ1v) is 11.5. The molecule has 9 heteroatoms. The molecule has 0 fully saturated rings. The van der Waals surface area contributed by atoms with E-state index in [1.807, 2.05) is 12.1 Å². The SMILES string of the molecule is O=c1n(Cc2c(Cl)cccc2Cl)c2sc3c(c2c2nc(-c4ccncc4)nn12)CCC3. The molecule has 0 bridgehead atoms. The van der Waals surface area contributed by atoms with Crippen LogP contribution in [0.25, 0.3) is 27.3 Å². The number of halogens is 2. The minimum absolute atomic E-state index is 0.258. The van der Waals surface area contributed by atoms with E-state index in [-0.39, 0.29) is 12.2 Å². The highest BCUT2D eigenvalue weighted by Gasteiger charge is 2.26. The van der Waals surface area contributed by atoms with Gasteiger partial charge in [0.05, 0.1) is 11.9 Å². The highest BCUT2D eigenvalue weighted by atomic mass is 35.5. The van der Waals surface area contributed by atoms with Crippen LogP contribution in [0.2, 0.25) is 10.0 Å². The fourth-order valence-electron chi connectivity index (χ4n) is 4.22. The number of fused-ring (bicyclic) bond motifs is 5. The van der Waals surface area contributed by atoms with Gasteiger partial charge in [-0.05, 0) is 49.1 Å². The van der Waals surface area contributed by atoms with Crippen LogP contribution >= 0.6 is 34.5 Å². The highest BCUT2D eigenvalue weighted by molar-refractivity contribution is 7.19. The maximum absolute atomic E-state index is 13.6. The van der Waals surface area contributed by atoms with Gasteiger partial charge in [-0.25, -0.2) is 9.78 Å². The van der Waals surface area contributed by atoms with Crippen molar-refractivity contribution < 1.29 is 0 Å². The molecule has 6 nitrogen and oxygen atoms in total. The van der Waals surface area contributed by atoms with Crippen LogP contribution in [0.1, 0.15) is 22.4 Å². The third-order valence-corrected chi connectivity index (χ3v) is 7.73. The first-order valence-electron chi connectivity index (χ1n) is 9.89. The smallest absolute Gasteiger partial charge is 0.278 e. The van der Waals surface area contributed by atoms with E-state index in [4.69, 9.17) is 28.2 Å². The van der Waals surface area contributed by atoms with Gasteiger partial charge in [0, 0.05) is 38.4 Å². The zero-order valence-corrected chi connectivity index (χ0v) is 18.5. The normalized spacial score (nSPS) is 13.4. The van der Waals surface area contributed by atoms with Crippen LogP contribution in [0.15, 0.2) is 47.5 Å². The van der Waals surface area contributed by atoms with E-state index in [0.717, 1.165) is 40.6 Å². The summed E-state index contributed by atoms with van der Waals surface area (Å²) in [6, 6.07) is 9.05. The Labute approximate surface area is 190 Å². The summed E-state index contributed by atoms with van der Waals surface area (Å²) < 4.78 is 3.14. The Morgan fingerprint density at radius 3 is 2.61 bits per heavy atom. The molecule has 0 radical (unpaired) electrons. The Hall–Kier alpha value is -2.74. The molecule has 4 heterocycles. The van der Waals surface area contributed by atoms with Crippen molar-refractivity contribution in [3.63, 3.8) is 0 Å². The average Bonchev–Trinajstić information content (AvgIpc) is 3.48. The molecule has 0 spiro atoms. The van der Waals surface area contributed by atoms with Gasteiger partial charge in [0.1, 0.15) is 4.83 Å². The maximum atomic E-state index is 13.6. The maximum Gasteiger partial charge on any atom is 0.352 e. The fraction of sp³-hybridized carbons (Fsp3) is 0.182. The first kappa shape index (κ1) is 19.0. The number of hydrogen-bond donors (Lipinski definition) is 0. The second-order valence-electron chi connectivity index (χ2n) is 7.51. The first-order chi connectivity index (χ1) is 15.1. The lowest BCUT2D eigenvalue weighted by Crippen LogP contribution is -2.28. The summed E-state index contributed by atoms with van der Waals surface area (Å²) in [6.07, 6.45) is 6.50. The summed E-state index contributed by atoms with van der Waals surface area (Å²) in [5.74, 6) is 0.507. The zero-order valence-electron chi connectivity index (χ0n) is 16.2. The van der Waals surface area contributed by atoms with E-state index < -0.39 is 0 Å². The molecule has 1 aromatic carbocycles. The second kappa shape index (κ2) is 7.15. The molecule has 0 saturated carbocycles. The molecule has 1 aliphatic rings. The summed E-state index contributed by atoms with van der Waals surface area (Å²) in [5.41, 5.74) is 3.16. The van der Waals surface area contributed by atoms with Gasteiger partial charge in [-0.1, -0.05) is 29.3 Å². The number of aromatic nitrogens is 5. The van der Waals surface area contributed by atoms with Crippen molar-refractivity contribution in [3.8, 4) is 11.4 Å². The van der Waals surface area contributed by atoms with E-state index in [2.05, 4.69) is 10.1 Å². The average molecular weight is 468 g/mol. The molecule has 154 valence electrons. The van der Waals surface area contributed by atoms with Crippen molar-refractivity contribution in [2.24, 2.45) is 0 Å². The molecule has 0 unspecified atom stereocenters. The largest absolute Gasteiger partial charge is 0.352 e. The molecule has 0 N–H and O–H groups in total. The van der Waals surface area contributed by atoms with Gasteiger partial charge >= 0.3 is 5.69 Å². The van der Waals surface area contributed by atoms with Crippen molar-refractivity contribution in [2.45, 2.75) is 25.8 Å². The number of nitrogens with zero attached hydrogens (tertiary/aromatic N) is 5. The molecular weight excluding hydrogens is 453 g/mol. The third-order valence-electron chi connectivity index (χ3n) is 5.71. The molecule has 0 atom stereocenters. The molecule has 0 amide bonds. The van der Waals surface area contributed by atoms with Crippen LogP contribution in [-0.2, 0) is 19.4 Å². The van der Waals surface area contributed by atoms with Gasteiger partial charge in [0.25, 0.3) is 0 Å². The van der Waals surface area contributed by atoms with E-state index in [1.165, 1.54) is 15.0 Å². The quantitative estimate of drug-likeness (QED) is 0.373. The standard InChI is InChI=1S/C22H15Cl2N5OS/c23-15-4-2-5-16(24)14(15)11-28-21-18(13-3-1-6-17(13)31-21)20-26-19(27-29(20)22(28)30)12-7-9-25-10-8-12/h2,4-5,7-10H,1,3,6,11H2. The predicted octanol–water partition coefficient (Wildman–Crippen LogP) is 5.01. The van der Waals surface area contributed by atoms with E-state index >= 15 is 0 Å². The Bertz CT molecular complexity index is 1520. The molecule has 0 aliphatic heterocycles. The van der Waals surface area contributed by atoms with Crippen LogP contribution < -0.4 is 5.69 Å². The summed E-state index contributed by atoms with van der Waals surface area (Å²) in [4.78, 5) is 24.6. The third kappa shape index (κ3) is 2.91. The van der Waals surface area contributed by atoms with Gasteiger partial charge < -0.3 is 0 Å². The number of aryl methyl sites for hydroxylation is 2. The topological polar surface area (TPSA) is 65.1 Å². The van der Waals surface area contributed by atoms with Crippen molar-refractivity contribution in [2.75, 3.05) is 0 Å². The molecule has 4 aromatic heterocycles. The summed E-state index contributed by atoms with van der Waals surface area (Å²) in [5, 5.41) is 6.65. The lowest BCUT2D eigenvalue weighted by molar-refractivity contribution is 0.720. The zero-order chi connectivity index (χ0) is 21.1. The summed E-state index contributed by atoms with van der Waals surface area (Å²) in [7, 11) is 0. The number of benzene rings is 1. The van der Waals surface area contributed by atoms with E-state index in [9.17, 15) is 4.79 Å². The summed E-state index contributed by atoms with van der Waals surface area (Å²) >= 11 is 14.5. The minimum atomic E-state index is -0.258. The van der Waals surface area contributed by atoms with Crippen molar-refractivity contribution in [1.82, 2.24) is 24.1 Å². The minimum Gasteiger partial charge on any atom is -0.278 e. The molecule has 5 aromatic rings. The lowest BCUT2D eigenvalue weighted by Gasteiger charge is -2.11. The Kier molecular flexibility index (Phi) is 4.38. The van der Waals surface area contributed by atoms with Gasteiger partial charge in [0.2, 0.25) is 0 Å². The molecule has 31 heavy (non-hydrogen) atoms. The second-order valence-corrected chi connectivity index (χ2v) is 9.41. The van der Waals surface area contributed by atoms with Crippen LogP contribution in [0, 0.1) is 0 Å². The number of pyridine rings is 1. The van der Waals surface area contributed by atoms with Crippen molar-refractivity contribution >= 4 is 50.4 Å². The lowest BCUT2D eigenvalue weighted by atomic mass is 10.2. The van der Waals surface area contributed by atoms with E-state index in [0.29, 0.717) is 21.5 Å². The number of hydrogen-bond acceptors (Lipinski definition) is 5. The molecular formula is C22H15Cl2N5OS. The van der Waals surface area contributed by atoms with E-state index in [1.54, 1.807) is 46.5 Å². The van der Waals surface area contributed by atoms with Crippen LogP contribution in [0.3, 0.4) is 0 Å². The number of thiophene rings is 1. The monoisotopic (exact) mass is 467 g/mol. The van der Waals surface area contributed by atoms with Crippen LogP contribution in [0.5, 0.6) is 0 Å². The van der Waals surface area contributed by atoms with Crippen LogP contribution in [0.4, 0.5) is 0 Å². The highest BCUT2D eigenvalue weighted by Crippen LogP contribution is 2.39. The van der Waals surface area contributed by atoms with Gasteiger partial charge in [-0.3, -0.25) is 9.55 Å².